The van der Waals surface area contributed by atoms with Gasteiger partial charge in [0.1, 0.15) is 12.3 Å². The summed E-state index contributed by atoms with van der Waals surface area (Å²) in [5.74, 6) is -0.148. The van der Waals surface area contributed by atoms with Crippen LogP contribution in [0.3, 0.4) is 0 Å². The predicted octanol–water partition coefficient (Wildman–Crippen LogP) is 4.06. The number of carbonyl (C=O) groups is 2. The summed E-state index contributed by atoms with van der Waals surface area (Å²) in [7, 11) is 0. The van der Waals surface area contributed by atoms with Crippen molar-refractivity contribution in [2.45, 2.75) is 20.4 Å². The lowest BCUT2D eigenvalue weighted by Crippen LogP contribution is -2.23. The zero-order valence-corrected chi connectivity index (χ0v) is 17.0. The SMILES string of the molecule is CCOC(=O)Cn1c(=NC(=O)c2ccc(OCC)cc2)sc2cccc(Cl)c21. The van der Waals surface area contributed by atoms with E-state index in [1.807, 2.05) is 19.1 Å². The fourth-order valence-electron chi connectivity index (χ4n) is 2.67. The van der Waals surface area contributed by atoms with E-state index in [1.165, 1.54) is 11.3 Å². The van der Waals surface area contributed by atoms with Gasteiger partial charge in [-0.1, -0.05) is 29.0 Å². The molecular formula is C20H19ClN2O4S. The number of rotatable bonds is 6. The number of amides is 1. The highest BCUT2D eigenvalue weighted by Gasteiger charge is 2.15. The normalized spacial score (nSPS) is 11.6. The van der Waals surface area contributed by atoms with Crippen LogP contribution in [-0.4, -0.2) is 29.7 Å². The Balaban J connectivity index is 2.04. The highest BCUT2D eigenvalue weighted by Crippen LogP contribution is 2.25. The van der Waals surface area contributed by atoms with Gasteiger partial charge in [0.25, 0.3) is 5.91 Å². The highest BCUT2D eigenvalue weighted by molar-refractivity contribution is 7.16. The Hall–Kier alpha value is -2.64. The first kappa shape index (κ1) is 20.1. The first-order chi connectivity index (χ1) is 13.5. The number of para-hydroxylation sites is 1. The Morgan fingerprint density at radius 2 is 1.86 bits per heavy atom. The Bertz CT molecular complexity index is 1070. The van der Waals surface area contributed by atoms with Crippen LogP contribution in [0, 0.1) is 0 Å². The molecule has 146 valence electrons. The van der Waals surface area contributed by atoms with Crippen LogP contribution in [0.5, 0.6) is 5.75 Å². The lowest BCUT2D eigenvalue weighted by molar-refractivity contribution is -0.143. The minimum Gasteiger partial charge on any atom is -0.494 e. The number of ether oxygens (including phenoxy) is 2. The number of carbonyl (C=O) groups excluding carboxylic acids is 2. The zero-order chi connectivity index (χ0) is 20.1. The molecule has 3 aromatic rings. The van der Waals surface area contributed by atoms with E-state index in [4.69, 9.17) is 21.1 Å². The number of nitrogens with zero attached hydrogens (tertiary/aromatic N) is 2. The van der Waals surface area contributed by atoms with Crippen LogP contribution < -0.4 is 9.54 Å². The van der Waals surface area contributed by atoms with Gasteiger partial charge in [-0.2, -0.15) is 4.99 Å². The van der Waals surface area contributed by atoms with E-state index < -0.39 is 11.9 Å². The van der Waals surface area contributed by atoms with E-state index in [0.29, 0.717) is 33.3 Å². The molecule has 28 heavy (non-hydrogen) atoms. The summed E-state index contributed by atoms with van der Waals surface area (Å²) < 4.78 is 12.9. The Labute approximate surface area is 171 Å². The monoisotopic (exact) mass is 418 g/mol. The summed E-state index contributed by atoms with van der Waals surface area (Å²) >= 11 is 7.62. The number of halogens is 1. The molecule has 0 radical (unpaired) electrons. The highest BCUT2D eigenvalue weighted by atomic mass is 35.5. The van der Waals surface area contributed by atoms with Gasteiger partial charge < -0.3 is 14.0 Å². The topological polar surface area (TPSA) is 69.9 Å². The van der Waals surface area contributed by atoms with E-state index >= 15 is 0 Å². The molecule has 0 spiro atoms. The molecule has 0 saturated heterocycles. The molecule has 0 saturated carbocycles. The first-order valence-electron chi connectivity index (χ1n) is 8.78. The summed E-state index contributed by atoms with van der Waals surface area (Å²) in [5, 5.41) is 0.480. The van der Waals surface area contributed by atoms with Gasteiger partial charge in [-0.15, -0.1) is 0 Å². The summed E-state index contributed by atoms with van der Waals surface area (Å²) in [5.41, 5.74) is 1.08. The summed E-state index contributed by atoms with van der Waals surface area (Å²) in [6.45, 7) is 4.37. The number of esters is 1. The summed E-state index contributed by atoms with van der Waals surface area (Å²) in [6.07, 6.45) is 0. The largest absolute Gasteiger partial charge is 0.494 e. The molecule has 0 bridgehead atoms. The maximum absolute atomic E-state index is 12.6. The van der Waals surface area contributed by atoms with Crippen molar-refractivity contribution in [1.29, 1.82) is 0 Å². The second kappa shape index (κ2) is 9.03. The Kier molecular flexibility index (Phi) is 6.49. The maximum Gasteiger partial charge on any atom is 0.326 e. The molecule has 3 rings (SSSR count). The molecule has 0 fully saturated rings. The molecule has 0 atom stereocenters. The van der Waals surface area contributed by atoms with Gasteiger partial charge in [0.2, 0.25) is 0 Å². The smallest absolute Gasteiger partial charge is 0.326 e. The molecule has 1 aromatic heterocycles. The molecular weight excluding hydrogens is 400 g/mol. The lowest BCUT2D eigenvalue weighted by atomic mass is 10.2. The lowest BCUT2D eigenvalue weighted by Gasteiger charge is -2.06. The number of hydrogen-bond donors (Lipinski definition) is 0. The molecule has 8 heteroatoms. The van der Waals surface area contributed by atoms with Crippen LogP contribution in [0.1, 0.15) is 24.2 Å². The van der Waals surface area contributed by atoms with Crippen LogP contribution in [0.2, 0.25) is 5.02 Å². The molecule has 1 amide bonds. The van der Waals surface area contributed by atoms with Crippen molar-refractivity contribution in [3.05, 3.63) is 57.9 Å². The Morgan fingerprint density at radius 1 is 1.11 bits per heavy atom. The maximum atomic E-state index is 12.6. The molecule has 0 aliphatic heterocycles. The van der Waals surface area contributed by atoms with Crippen molar-refractivity contribution in [2.75, 3.05) is 13.2 Å². The average Bonchev–Trinajstić information content (AvgIpc) is 3.01. The van der Waals surface area contributed by atoms with Gasteiger partial charge >= 0.3 is 5.97 Å². The molecule has 6 nitrogen and oxygen atoms in total. The van der Waals surface area contributed by atoms with Crippen LogP contribution >= 0.6 is 22.9 Å². The second-order valence-electron chi connectivity index (χ2n) is 5.74. The number of benzene rings is 2. The van der Waals surface area contributed by atoms with E-state index in [9.17, 15) is 9.59 Å². The Morgan fingerprint density at radius 3 is 2.54 bits per heavy atom. The van der Waals surface area contributed by atoms with Gasteiger partial charge in [0, 0.05) is 5.56 Å². The summed E-state index contributed by atoms with van der Waals surface area (Å²) in [4.78, 5) is 29.3. The van der Waals surface area contributed by atoms with Gasteiger partial charge in [0.05, 0.1) is 28.5 Å². The molecule has 0 unspecified atom stereocenters. The third-order valence-electron chi connectivity index (χ3n) is 3.85. The fraction of sp³-hybridized carbons (Fsp3) is 0.250. The first-order valence-corrected chi connectivity index (χ1v) is 9.98. The van der Waals surface area contributed by atoms with Crippen LogP contribution in [0.15, 0.2) is 47.5 Å². The molecule has 0 N–H and O–H groups in total. The predicted molar refractivity (Wildman–Crippen MR) is 109 cm³/mol. The van der Waals surface area contributed by atoms with Gasteiger partial charge in [-0.3, -0.25) is 9.59 Å². The second-order valence-corrected chi connectivity index (χ2v) is 7.15. The minimum atomic E-state index is -0.419. The average molecular weight is 419 g/mol. The van der Waals surface area contributed by atoms with Crippen molar-refractivity contribution in [1.82, 2.24) is 4.57 Å². The van der Waals surface area contributed by atoms with Crippen LogP contribution in [-0.2, 0) is 16.1 Å². The van der Waals surface area contributed by atoms with Crippen molar-refractivity contribution in [3.63, 3.8) is 0 Å². The van der Waals surface area contributed by atoms with E-state index in [-0.39, 0.29) is 13.2 Å². The molecule has 2 aromatic carbocycles. The van der Waals surface area contributed by atoms with Gasteiger partial charge in [0.15, 0.2) is 4.80 Å². The third kappa shape index (κ3) is 4.43. The van der Waals surface area contributed by atoms with Crippen molar-refractivity contribution in [2.24, 2.45) is 4.99 Å². The van der Waals surface area contributed by atoms with Crippen molar-refractivity contribution >= 4 is 45.0 Å². The molecule has 0 aliphatic rings. The third-order valence-corrected chi connectivity index (χ3v) is 5.20. The standard InChI is InChI=1S/C20H19ClN2O4S/c1-3-26-14-10-8-13(9-11-14)19(25)22-20-23(12-17(24)27-4-2)18-15(21)6-5-7-16(18)28-20/h5-11H,3-4,12H2,1-2H3. The van der Waals surface area contributed by atoms with Crippen LogP contribution in [0.25, 0.3) is 10.2 Å². The quantitative estimate of drug-likeness (QED) is 0.566. The number of hydrogen-bond acceptors (Lipinski definition) is 5. The number of thiazole rings is 1. The zero-order valence-electron chi connectivity index (χ0n) is 15.5. The number of aromatic nitrogens is 1. The van der Waals surface area contributed by atoms with E-state index in [1.54, 1.807) is 41.8 Å². The molecule has 1 heterocycles. The van der Waals surface area contributed by atoms with Gasteiger partial charge in [-0.25, -0.2) is 0 Å². The van der Waals surface area contributed by atoms with Crippen molar-refractivity contribution < 1.29 is 19.1 Å². The molecule has 0 aliphatic carbocycles. The summed E-state index contributed by atoms with van der Waals surface area (Å²) in [6, 6.07) is 12.2. The van der Waals surface area contributed by atoms with Gasteiger partial charge in [-0.05, 0) is 50.2 Å². The fourth-order valence-corrected chi connectivity index (χ4v) is 4.05. The van der Waals surface area contributed by atoms with Crippen molar-refractivity contribution in [3.8, 4) is 5.75 Å². The van der Waals surface area contributed by atoms with Crippen LogP contribution in [0.4, 0.5) is 0 Å². The minimum absolute atomic E-state index is 0.0764. The number of fused-ring (bicyclic) bond motifs is 1. The van der Waals surface area contributed by atoms with E-state index in [2.05, 4.69) is 4.99 Å². The van der Waals surface area contributed by atoms with E-state index in [0.717, 1.165) is 4.70 Å².